The first-order valence-corrected chi connectivity index (χ1v) is 7.52. The number of para-hydroxylation sites is 1. The smallest absolute Gasteiger partial charge is 0.319 e. The lowest BCUT2D eigenvalue weighted by atomic mass is 9.96. The maximum Gasteiger partial charge on any atom is 0.319 e. The predicted molar refractivity (Wildman–Crippen MR) is 81.4 cm³/mol. The van der Waals surface area contributed by atoms with Gasteiger partial charge in [-0.2, -0.15) is 0 Å². The summed E-state index contributed by atoms with van der Waals surface area (Å²) in [7, 11) is 0. The normalized spacial score (nSPS) is 15.4. The van der Waals surface area contributed by atoms with E-state index in [1.54, 1.807) is 6.07 Å². The minimum Gasteiger partial charge on any atom is -0.481 e. The van der Waals surface area contributed by atoms with E-state index in [1.807, 2.05) is 18.2 Å². The van der Waals surface area contributed by atoms with Gasteiger partial charge in [-0.3, -0.25) is 4.79 Å². The van der Waals surface area contributed by atoms with E-state index in [0.29, 0.717) is 12.1 Å². The molecule has 21 heavy (non-hydrogen) atoms. The molecule has 5 heteroatoms. The summed E-state index contributed by atoms with van der Waals surface area (Å²) in [6, 6.07) is 7.38. The Bertz CT molecular complexity index is 496. The molecular weight excluding hydrogens is 268 g/mol. The number of hydrogen-bond donors (Lipinski definition) is 3. The molecule has 0 radical (unpaired) electrons. The van der Waals surface area contributed by atoms with Crippen LogP contribution in [0.15, 0.2) is 24.3 Å². The van der Waals surface area contributed by atoms with E-state index in [-0.39, 0.29) is 18.5 Å². The van der Waals surface area contributed by atoms with Gasteiger partial charge in [0, 0.05) is 18.2 Å². The summed E-state index contributed by atoms with van der Waals surface area (Å²) in [5.41, 5.74) is 1.53. The van der Waals surface area contributed by atoms with Gasteiger partial charge < -0.3 is 15.7 Å². The Labute approximate surface area is 124 Å². The maximum atomic E-state index is 12.0. The minimum atomic E-state index is -0.837. The number of carbonyl (C=O) groups is 2. The van der Waals surface area contributed by atoms with Crippen LogP contribution in [0.25, 0.3) is 0 Å². The zero-order valence-corrected chi connectivity index (χ0v) is 12.1. The SMILES string of the molecule is O=C(O)CCc1ccccc1NC(=O)NC1CCCCC1. The van der Waals surface area contributed by atoms with Gasteiger partial charge in [0.25, 0.3) is 0 Å². The van der Waals surface area contributed by atoms with E-state index in [2.05, 4.69) is 10.6 Å². The van der Waals surface area contributed by atoms with Crippen LogP contribution in [0.1, 0.15) is 44.1 Å². The monoisotopic (exact) mass is 290 g/mol. The van der Waals surface area contributed by atoms with Crippen LogP contribution < -0.4 is 10.6 Å². The van der Waals surface area contributed by atoms with Crippen LogP contribution >= 0.6 is 0 Å². The van der Waals surface area contributed by atoms with Crippen LogP contribution in [0.3, 0.4) is 0 Å². The number of amides is 2. The van der Waals surface area contributed by atoms with Gasteiger partial charge in [0.2, 0.25) is 0 Å². The van der Waals surface area contributed by atoms with Crippen molar-refractivity contribution in [3.63, 3.8) is 0 Å². The van der Waals surface area contributed by atoms with Crippen LogP contribution in [0.2, 0.25) is 0 Å². The van der Waals surface area contributed by atoms with E-state index >= 15 is 0 Å². The number of rotatable bonds is 5. The number of nitrogens with one attached hydrogen (secondary N) is 2. The minimum absolute atomic E-state index is 0.0585. The van der Waals surface area contributed by atoms with E-state index in [9.17, 15) is 9.59 Å². The Balaban J connectivity index is 1.91. The first kappa shape index (κ1) is 15.4. The Kier molecular flexibility index (Phi) is 5.60. The number of urea groups is 1. The Morgan fingerprint density at radius 1 is 1.14 bits per heavy atom. The molecule has 0 bridgehead atoms. The summed E-state index contributed by atoms with van der Waals surface area (Å²) in [6.07, 6.45) is 6.12. The summed E-state index contributed by atoms with van der Waals surface area (Å²) in [5.74, 6) is -0.837. The molecule has 1 aliphatic rings. The highest BCUT2D eigenvalue weighted by molar-refractivity contribution is 5.90. The summed E-state index contributed by atoms with van der Waals surface area (Å²) in [6.45, 7) is 0. The molecule has 114 valence electrons. The van der Waals surface area contributed by atoms with Crippen molar-refractivity contribution < 1.29 is 14.7 Å². The van der Waals surface area contributed by atoms with Crippen molar-refractivity contribution in [3.05, 3.63) is 29.8 Å². The number of benzene rings is 1. The summed E-state index contributed by atoms with van der Waals surface area (Å²) in [5, 5.41) is 14.6. The number of carboxylic acids is 1. The maximum absolute atomic E-state index is 12.0. The third-order valence-corrected chi connectivity index (χ3v) is 3.81. The summed E-state index contributed by atoms with van der Waals surface area (Å²) in [4.78, 5) is 22.7. The highest BCUT2D eigenvalue weighted by atomic mass is 16.4. The van der Waals surface area contributed by atoms with Crippen LogP contribution in [-0.2, 0) is 11.2 Å². The van der Waals surface area contributed by atoms with Gasteiger partial charge in [-0.1, -0.05) is 37.5 Å². The lowest BCUT2D eigenvalue weighted by molar-refractivity contribution is -0.136. The Morgan fingerprint density at radius 2 is 1.86 bits per heavy atom. The molecule has 1 aromatic rings. The lowest BCUT2D eigenvalue weighted by Crippen LogP contribution is -2.39. The molecule has 0 aromatic heterocycles. The largest absolute Gasteiger partial charge is 0.481 e. The molecule has 1 saturated carbocycles. The molecule has 5 nitrogen and oxygen atoms in total. The second-order valence-electron chi connectivity index (χ2n) is 5.48. The fourth-order valence-corrected chi connectivity index (χ4v) is 2.69. The van der Waals surface area contributed by atoms with Crippen molar-refractivity contribution in [1.82, 2.24) is 5.32 Å². The molecule has 2 amide bonds. The van der Waals surface area contributed by atoms with Crippen LogP contribution in [-0.4, -0.2) is 23.1 Å². The van der Waals surface area contributed by atoms with E-state index < -0.39 is 5.97 Å². The molecule has 0 aliphatic heterocycles. The van der Waals surface area contributed by atoms with Crippen molar-refractivity contribution in [2.24, 2.45) is 0 Å². The topological polar surface area (TPSA) is 78.4 Å². The number of carboxylic acid groups (broad SMARTS) is 1. The molecule has 3 N–H and O–H groups in total. The number of aryl methyl sites for hydroxylation is 1. The predicted octanol–water partition coefficient (Wildman–Crippen LogP) is 3.16. The first-order chi connectivity index (χ1) is 10.1. The molecule has 1 aromatic carbocycles. The molecule has 1 fully saturated rings. The van der Waals surface area contributed by atoms with Gasteiger partial charge in [0.15, 0.2) is 0 Å². The Hall–Kier alpha value is -2.04. The van der Waals surface area contributed by atoms with Crippen LogP contribution in [0.4, 0.5) is 10.5 Å². The van der Waals surface area contributed by atoms with Gasteiger partial charge in [0.05, 0.1) is 0 Å². The molecule has 1 aliphatic carbocycles. The zero-order chi connectivity index (χ0) is 15.1. The second-order valence-corrected chi connectivity index (χ2v) is 5.48. The Morgan fingerprint density at radius 3 is 2.57 bits per heavy atom. The van der Waals surface area contributed by atoms with Gasteiger partial charge >= 0.3 is 12.0 Å². The fourth-order valence-electron chi connectivity index (χ4n) is 2.69. The third kappa shape index (κ3) is 5.10. The molecular formula is C16H22N2O3. The molecule has 0 saturated heterocycles. The molecule has 0 heterocycles. The fraction of sp³-hybridized carbons (Fsp3) is 0.500. The van der Waals surface area contributed by atoms with Crippen molar-refractivity contribution in [2.75, 3.05) is 5.32 Å². The second kappa shape index (κ2) is 7.67. The van der Waals surface area contributed by atoms with Gasteiger partial charge in [-0.15, -0.1) is 0 Å². The third-order valence-electron chi connectivity index (χ3n) is 3.81. The van der Waals surface area contributed by atoms with Gasteiger partial charge in [-0.05, 0) is 30.9 Å². The van der Waals surface area contributed by atoms with Crippen molar-refractivity contribution in [1.29, 1.82) is 0 Å². The standard InChI is InChI=1S/C16H22N2O3/c19-15(20)11-10-12-6-4-5-9-14(12)18-16(21)17-13-7-2-1-3-8-13/h4-6,9,13H,1-3,7-8,10-11H2,(H,19,20)(H2,17,18,21). The molecule has 0 atom stereocenters. The average molecular weight is 290 g/mol. The van der Waals surface area contributed by atoms with E-state index in [1.165, 1.54) is 19.3 Å². The van der Waals surface area contributed by atoms with Crippen LogP contribution in [0.5, 0.6) is 0 Å². The van der Waals surface area contributed by atoms with Gasteiger partial charge in [0.1, 0.15) is 0 Å². The van der Waals surface area contributed by atoms with Gasteiger partial charge in [-0.25, -0.2) is 4.79 Å². The number of anilines is 1. The zero-order valence-electron chi connectivity index (χ0n) is 12.1. The number of aliphatic carboxylic acids is 1. The highest BCUT2D eigenvalue weighted by Gasteiger charge is 2.16. The number of carbonyl (C=O) groups excluding carboxylic acids is 1. The van der Waals surface area contributed by atoms with Crippen LogP contribution in [0, 0.1) is 0 Å². The highest BCUT2D eigenvalue weighted by Crippen LogP contribution is 2.19. The van der Waals surface area contributed by atoms with Crippen molar-refractivity contribution >= 4 is 17.7 Å². The lowest BCUT2D eigenvalue weighted by Gasteiger charge is -2.23. The summed E-state index contributed by atoms with van der Waals surface area (Å²) >= 11 is 0. The van der Waals surface area contributed by atoms with E-state index in [4.69, 9.17) is 5.11 Å². The van der Waals surface area contributed by atoms with Crippen molar-refractivity contribution in [3.8, 4) is 0 Å². The summed E-state index contributed by atoms with van der Waals surface area (Å²) < 4.78 is 0. The van der Waals surface area contributed by atoms with Crippen molar-refractivity contribution in [2.45, 2.75) is 51.0 Å². The number of hydrogen-bond acceptors (Lipinski definition) is 2. The molecule has 0 spiro atoms. The molecule has 0 unspecified atom stereocenters. The first-order valence-electron chi connectivity index (χ1n) is 7.52. The average Bonchev–Trinajstić information content (AvgIpc) is 2.47. The van der Waals surface area contributed by atoms with E-state index in [0.717, 1.165) is 18.4 Å². The molecule has 2 rings (SSSR count). The quantitative estimate of drug-likeness (QED) is 0.779.